The van der Waals surface area contributed by atoms with Gasteiger partial charge in [0.2, 0.25) is 0 Å². The van der Waals surface area contributed by atoms with Crippen LogP contribution in [0, 0.1) is 0 Å². The molecule has 0 fully saturated rings. The number of hydrogen-bond donors (Lipinski definition) is 3. The first-order chi connectivity index (χ1) is 8.06. The third kappa shape index (κ3) is 1.51. The van der Waals surface area contributed by atoms with Crippen LogP contribution in [-0.4, -0.2) is 22.2 Å². The zero-order valence-corrected chi connectivity index (χ0v) is 8.28. The normalized spacial score (nSPS) is 13.3. The van der Waals surface area contributed by atoms with Gasteiger partial charge in [-0.25, -0.2) is 9.59 Å². The minimum atomic E-state index is -1.42. The number of benzene rings is 1. The van der Waals surface area contributed by atoms with Crippen LogP contribution in [0.25, 0.3) is 6.20 Å². The largest absolute Gasteiger partial charge is 0.478 e. The number of carbonyl (C=O) groups is 2. The van der Waals surface area contributed by atoms with E-state index in [1.165, 1.54) is 6.07 Å². The molecule has 0 bridgehead atoms. The first kappa shape index (κ1) is 10.7. The summed E-state index contributed by atoms with van der Waals surface area (Å²) in [6, 6.07) is 1.32. The van der Waals surface area contributed by atoms with Crippen molar-refractivity contribution in [3.8, 4) is 0 Å². The molecule has 1 heterocycles. The Hall–Kier alpha value is -2.77. The number of carboxylic acids is 2. The average Bonchev–Trinajstić information content (AvgIpc) is 2.73. The van der Waals surface area contributed by atoms with Gasteiger partial charge in [0.05, 0.1) is 5.56 Å². The van der Waals surface area contributed by atoms with Gasteiger partial charge >= 0.3 is 11.9 Å². The van der Waals surface area contributed by atoms with Crippen LogP contribution in [0.5, 0.6) is 0 Å². The van der Waals surface area contributed by atoms with Gasteiger partial charge in [-0.3, -0.25) is 0 Å². The van der Waals surface area contributed by atoms with Gasteiger partial charge in [-0.15, -0.1) is 10.2 Å². The predicted molar refractivity (Wildman–Crippen MR) is 54.3 cm³/mol. The van der Waals surface area contributed by atoms with Gasteiger partial charge in [0, 0.05) is 11.4 Å². The lowest BCUT2D eigenvalue weighted by molar-refractivity contribution is 0.0649. The Balaban J connectivity index is 3.02. The molecule has 17 heavy (non-hydrogen) atoms. The van der Waals surface area contributed by atoms with Gasteiger partial charge in [-0.05, 0) is 11.3 Å². The van der Waals surface area contributed by atoms with Crippen LogP contribution in [0.2, 0.25) is 0 Å². The van der Waals surface area contributed by atoms with Crippen molar-refractivity contribution < 1.29 is 19.8 Å². The summed E-state index contributed by atoms with van der Waals surface area (Å²) < 4.78 is 0. The lowest BCUT2D eigenvalue weighted by Crippen LogP contribution is -2.29. The summed E-state index contributed by atoms with van der Waals surface area (Å²) in [6.45, 7) is 0. The lowest BCUT2D eigenvalue weighted by atomic mass is 10.0. The van der Waals surface area contributed by atoms with E-state index in [-0.39, 0.29) is 16.3 Å². The highest BCUT2D eigenvalue weighted by molar-refractivity contribution is 6.02. The minimum Gasteiger partial charge on any atom is -0.478 e. The van der Waals surface area contributed by atoms with Crippen LogP contribution < -0.4 is 16.3 Å². The molecular weight excluding hydrogens is 228 g/mol. The Morgan fingerprint density at radius 1 is 1.24 bits per heavy atom. The average molecular weight is 234 g/mol. The van der Waals surface area contributed by atoms with Gasteiger partial charge in [-0.2, -0.15) is 0 Å². The number of hydrogen-bond acceptors (Lipinski definition) is 6. The second-order valence-electron chi connectivity index (χ2n) is 3.15. The smallest absolute Gasteiger partial charge is 0.338 e. The molecule has 8 heteroatoms. The standard InChI is InChI=1S/C9H6N4O4/c10-2-3-1-4-7(12-13-11-4)6(9(16)17)5(3)8(14)15/h1-2H,10H2,(H,14,15)(H,16,17). The van der Waals surface area contributed by atoms with E-state index in [0.29, 0.717) is 0 Å². The van der Waals surface area contributed by atoms with Gasteiger partial charge in [-0.1, -0.05) is 0 Å². The second-order valence-corrected chi connectivity index (χ2v) is 3.15. The number of nitrogens with two attached hydrogens (primary N) is 1. The van der Waals surface area contributed by atoms with Crippen LogP contribution in [0.3, 0.4) is 0 Å². The molecular formula is C9H6N4O4. The molecule has 0 atom stereocenters. The molecule has 1 aliphatic heterocycles. The first-order valence-electron chi connectivity index (χ1n) is 4.40. The quantitative estimate of drug-likeness (QED) is 0.627. The van der Waals surface area contributed by atoms with Gasteiger partial charge in [0.15, 0.2) is 0 Å². The van der Waals surface area contributed by atoms with Gasteiger partial charge in [0.25, 0.3) is 0 Å². The van der Waals surface area contributed by atoms with Gasteiger partial charge < -0.3 is 15.9 Å². The van der Waals surface area contributed by atoms with E-state index in [4.69, 9.17) is 15.9 Å². The van der Waals surface area contributed by atoms with Crippen molar-refractivity contribution >= 4 is 23.8 Å². The van der Waals surface area contributed by atoms with E-state index in [2.05, 4.69) is 15.4 Å². The number of fused-ring (bicyclic) bond motifs is 1. The number of rotatable bonds is 2. The molecule has 86 valence electrons. The zero-order chi connectivity index (χ0) is 12.6. The highest BCUT2D eigenvalue weighted by Gasteiger charge is 2.23. The predicted octanol–water partition coefficient (Wildman–Crippen LogP) is -0.588. The lowest BCUT2D eigenvalue weighted by Gasteiger charge is -2.02. The Kier molecular flexibility index (Phi) is 2.32. The summed E-state index contributed by atoms with van der Waals surface area (Å²) in [5, 5.41) is 28.4. The molecule has 4 N–H and O–H groups in total. The monoisotopic (exact) mass is 234 g/mol. The minimum absolute atomic E-state index is 0.0599. The number of carboxylic acid groups (broad SMARTS) is 2. The van der Waals surface area contributed by atoms with Crippen LogP contribution in [0.15, 0.2) is 21.5 Å². The molecule has 0 spiro atoms. The molecule has 2 rings (SSSR count). The summed E-state index contributed by atoms with van der Waals surface area (Å²) in [5.74, 6) is -2.82. The van der Waals surface area contributed by atoms with Gasteiger partial charge in [0.1, 0.15) is 16.6 Å². The van der Waals surface area contributed by atoms with Crippen LogP contribution in [-0.2, 0) is 0 Å². The van der Waals surface area contributed by atoms with Crippen molar-refractivity contribution in [2.75, 3.05) is 0 Å². The molecule has 0 amide bonds. The van der Waals surface area contributed by atoms with E-state index in [1.807, 2.05) is 0 Å². The Labute approximate surface area is 93.4 Å². The molecule has 0 saturated carbocycles. The molecule has 1 aromatic carbocycles. The fraction of sp³-hybridized carbons (Fsp3) is 0. The molecule has 0 unspecified atom stereocenters. The molecule has 1 aliphatic rings. The molecule has 1 aromatic rings. The second kappa shape index (κ2) is 3.67. The maximum atomic E-state index is 11.1. The van der Waals surface area contributed by atoms with Crippen molar-refractivity contribution in [3.63, 3.8) is 0 Å². The van der Waals surface area contributed by atoms with E-state index < -0.39 is 23.1 Å². The maximum absolute atomic E-state index is 11.1. The molecule has 0 aromatic heterocycles. The molecule has 0 aliphatic carbocycles. The van der Waals surface area contributed by atoms with E-state index in [0.717, 1.165) is 6.20 Å². The molecule has 0 radical (unpaired) electrons. The van der Waals surface area contributed by atoms with Crippen molar-refractivity contribution in [3.05, 3.63) is 27.8 Å². The summed E-state index contributed by atoms with van der Waals surface area (Å²) in [7, 11) is 0. The summed E-state index contributed by atoms with van der Waals surface area (Å²) >= 11 is 0. The molecule has 0 saturated heterocycles. The van der Waals surface area contributed by atoms with E-state index in [9.17, 15) is 9.59 Å². The van der Waals surface area contributed by atoms with Crippen molar-refractivity contribution in [2.45, 2.75) is 0 Å². The van der Waals surface area contributed by atoms with E-state index in [1.54, 1.807) is 0 Å². The topological polar surface area (TPSA) is 138 Å². The number of nitrogens with zero attached hydrogens (tertiary/aromatic N) is 3. The Morgan fingerprint density at radius 3 is 2.41 bits per heavy atom. The van der Waals surface area contributed by atoms with Crippen molar-refractivity contribution in [1.82, 2.24) is 0 Å². The van der Waals surface area contributed by atoms with Crippen molar-refractivity contribution in [1.29, 1.82) is 0 Å². The van der Waals surface area contributed by atoms with Crippen LogP contribution >= 0.6 is 0 Å². The fourth-order valence-electron chi connectivity index (χ4n) is 1.54. The van der Waals surface area contributed by atoms with Crippen molar-refractivity contribution in [2.24, 2.45) is 21.2 Å². The van der Waals surface area contributed by atoms with Crippen LogP contribution in [0.4, 0.5) is 5.69 Å². The number of aromatic carboxylic acids is 2. The fourth-order valence-corrected chi connectivity index (χ4v) is 1.54. The highest BCUT2D eigenvalue weighted by atomic mass is 16.4. The summed E-state index contributed by atoms with van der Waals surface area (Å²) in [6.07, 6.45) is 1.00. The summed E-state index contributed by atoms with van der Waals surface area (Å²) in [4.78, 5) is 22.2. The van der Waals surface area contributed by atoms with Crippen LogP contribution in [0.1, 0.15) is 20.7 Å². The van der Waals surface area contributed by atoms with E-state index >= 15 is 0 Å². The Morgan fingerprint density at radius 2 is 1.88 bits per heavy atom. The summed E-state index contributed by atoms with van der Waals surface area (Å²) in [5.41, 5.74) is 4.57. The third-order valence-corrected chi connectivity index (χ3v) is 2.21. The zero-order valence-electron chi connectivity index (χ0n) is 8.28. The highest BCUT2D eigenvalue weighted by Crippen LogP contribution is 2.13. The third-order valence-electron chi connectivity index (χ3n) is 2.21. The SMILES string of the molecule is NC=c1cc2c(c(C(=O)O)c1C(=O)O)=NN=N2. The Bertz CT molecular complexity index is 677. The molecule has 8 nitrogen and oxygen atoms in total. The maximum Gasteiger partial charge on any atom is 0.338 e. The first-order valence-corrected chi connectivity index (χ1v) is 4.40.